The van der Waals surface area contributed by atoms with Crippen molar-refractivity contribution in [2.24, 2.45) is 7.05 Å². The van der Waals surface area contributed by atoms with Crippen molar-refractivity contribution >= 4 is 17.7 Å². The molecule has 0 aliphatic carbocycles. The fraction of sp³-hybridized carbons (Fsp3) is 0.556. The molecule has 0 spiro atoms. The van der Waals surface area contributed by atoms with E-state index in [0.717, 1.165) is 0 Å². The van der Waals surface area contributed by atoms with Crippen molar-refractivity contribution in [1.82, 2.24) is 9.55 Å². The van der Waals surface area contributed by atoms with Crippen molar-refractivity contribution in [2.75, 3.05) is 12.9 Å². The summed E-state index contributed by atoms with van der Waals surface area (Å²) in [5, 5.41) is 18.4. The lowest BCUT2D eigenvalue weighted by atomic mass is 10.2. The Kier molecular flexibility index (Phi) is 4.16. The Morgan fingerprint density at radius 3 is 2.73 bits per heavy atom. The van der Waals surface area contributed by atoms with Gasteiger partial charge in [0.25, 0.3) is 0 Å². The minimum absolute atomic E-state index is 0.0544. The first-order valence-electron chi connectivity index (χ1n) is 4.55. The monoisotopic (exact) mass is 230 g/mol. The van der Waals surface area contributed by atoms with Crippen LogP contribution < -0.4 is 0 Å². The zero-order valence-electron chi connectivity index (χ0n) is 8.73. The lowest BCUT2D eigenvalue weighted by Gasteiger charge is -2.03. The van der Waals surface area contributed by atoms with Gasteiger partial charge in [0, 0.05) is 13.7 Å². The SMILES string of the molecule is CSc1nc(C(=O)O)c(CCCO)n1C. The van der Waals surface area contributed by atoms with Gasteiger partial charge < -0.3 is 14.8 Å². The molecule has 0 atom stereocenters. The molecule has 0 fully saturated rings. The number of carboxylic acids is 1. The summed E-state index contributed by atoms with van der Waals surface area (Å²) in [4.78, 5) is 14.9. The zero-order valence-corrected chi connectivity index (χ0v) is 9.54. The summed E-state index contributed by atoms with van der Waals surface area (Å²) in [7, 11) is 1.79. The molecular formula is C9H14N2O3S. The summed E-state index contributed by atoms with van der Waals surface area (Å²) < 4.78 is 1.77. The van der Waals surface area contributed by atoms with E-state index in [2.05, 4.69) is 4.98 Å². The number of aromatic nitrogens is 2. The molecule has 0 aliphatic rings. The Morgan fingerprint density at radius 2 is 2.27 bits per heavy atom. The first kappa shape index (κ1) is 12.1. The van der Waals surface area contributed by atoms with Gasteiger partial charge in [0.1, 0.15) is 0 Å². The lowest BCUT2D eigenvalue weighted by molar-refractivity contribution is 0.0689. The van der Waals surface area contributed by atoms with Crippen LogP contribution in [0.4, 0.5) is 0 Å². The minimum atomic E-state index is -1.01. The van der Waals surface area contributed by atoms with Crippen LogP contribution in [0.5, 0.6) is 0 Å². The number of aliphatic hydroxyl groups excluding tert-OH is 1. The first-order valence-corrected chi connectivity index (χ1v) is 5.78. The van der Waals surface area contributed by atoms with Gasteiger partial charge in [-0.15, -0.1) is 0 Å². The van der Waals surface area contributed by atoms with E-state index >= 15 is 0 Å². The predicted molar refractivity (Wildman–Crippen MR) is 57.4 cm³/mol. The van der Waals surface area contributed by atoms with Gasteiger partial charge >= 0.3 is 5.97 Å². The molecular weight excluding hydrogens is 216 g/mol. The highest BCUT2D eigenvalue weighted by Crippen LogP contribution is 2.19. The summed E-state index contributed by atoms with van der Waals surface area (Å²) in [6.07, 6.45) is 2.93. The number of nitrogens with zero attached hydrogens (tertiary/aromatic N) is 2. The van der Waals surface area contributed by atoms with Crippen molar-refractivity contribution in [1.29, 1.82) is 0 Å². The molecule has 2 N–H and O–H groups in total. The third-order valence-electron chi connectivity index (χ3n) is 2.13. The molecule has 15 heavy (non-hydrogen) atoms. The molecule has 0 aliphatic heterocycles. The zero-order chi connectivity index (χ0) is 11.4. The molecule has 84 valence electrons. The highest BCUT2D eigenvalue weighted by Gasteiger charge is 2.18. The molecule has 0 aromatic carbocycles. The molecule has 6 heteroatoms. The molecule has 1 aromatic rings. The van der Waals surface area contributed by atoms with Gasteiger partial charge in [-0.1, -0.05) is 11.8 Å². The average Bonchev–Trinajstić information content (AvgIpc) is 2.52. The van der Waals surface area contributed by atoms with Crippen LogP contribution in [0, 0.1) is 0 Å². The molecule has 1 aromatic heterocycles. The summed E-state index contributed by atoms with van der Waals surface area (Å²) >= 11 is 1.41. The quantitative estimate of drug-likeness (QED) is 0.731. The van der Waals surface area contributed by atoms with Gasteiger partial charge in [0.15, 0.2) is 10.9 Å². The highest BCUT2D eigenvalue weighted by atomic mass is 32.2. The summed E-state index contributed by atoms with van der Waals surface area (Å²) in [6, 6.07) is 0. The highest BCUT2D eigenvalue weighted by molar-refractivity contribution is 7.98. The topological polar surface area (TPSA) is 75.3 Å². The van der Waals surface area contributed by atoms with E-state index in [-0.39, 0.29) is 12.3 Å². The number of rotatable bonds is 5. The van der Waals surface area contributed by atoms with E-state index in [1.807, 2.05) is 6.26 Å². The number of aromatic carboxylic acids is 1. The number of imidazole rings is 1. The molecule has 0 saturated heterocycles. The average molecular weight is 230 g/mol. The third-order valence-corrected chi connectivity index (χ3v) is 2.86. The van der Waals surface area contributed by atoms with Crippen LogP contribution in [0.3, 0.4) is 0 Å². The Labute approximate surface area is 92.1 Å². The number of hydrogen-bond acceptors (Lipinski definition) is 4. The van der Waals surface area contributed by atoms with E-state index < -0.39 is 5.97 Å². The molecule has 0 saturated carbocycles. The number of carbonyl (C=O) groups is 1. The Hall–Kier alpha value is -1.01. The fourth-order valence-electron chi connectivity index (χ4n) is 1.40. The van der Waals surface area contributed by atoms with E-state index in [1.165, 1.54) is 11.8 Å². The van der Waals surface area contributed by atoms with Crippen LogP contribution in [-0.2, 0) is 13.5 Å². The second kappa shape index (κ2) is 5.18. The first-order chi connectivity index (χ1) is 7.11. The van der Waals surface area contributed by atoms with Crippen LogP contribution in [0.2, 0.25) is 0 Å². The lowest BCUT2D eigenvalue weighted by Crippen LogP contribution is -2.06. The second-order valence-electron chi connectivity index (χ2n) is 3.09. The normalized spacial score (nSPS) is 10.6. The molecule has 0 unspecified atom stereocenters. The van der Waals surface area contributed by atoms with Crippen molar-refractivity contribution < 1.29 is 15.0 Å². The molecule has 0 amide bonds. The Balaban J connectivity index is 3.07. The largest absolute Gasteiger partial charge is 0.476 e. The maximum Gasteiger partial charge on any atom is 0.356 e. The maximum absolute atomic E-state index is 10.9. The summed E-state index contributed by atoms with van der Waals surface area (Å²) in [5.41, 5.74) is 0.760. The number of carboxylic acid groups (broad SMARTS) is 1. The van der Waals surface area contributed by atoms with Crippen LogP contribution >= 0.6 is 11.8 Å². The van der Waals surface area contributed by atoms with Crippen molar-refractivity contribution in [3.05, 3.63) is 11.4 Å². The van der Waals surface area contributed by atoms with E-state index in [0.29, 0.717) is 23.7 Å². The molecule has 0 bridgehead atoms. The number of thioether (sulfide) groups is 1. The molecule has 5 nitrogen and oxygen atoms in total. The minimum Gasteiger partial charge on any atom is -0.476 e. The molecule has 1 heterocycles. The predicted octanol–water partition coefficient (Wildman–Crippen LogP) is 0.765. The number of aliphatic hydroxyl groups is 1. The Morgan fingerprint density at radius 1 is 1.60 bits per heavy atom. The third kappa shape index (κ3) is 2.51. The Bertz CT molecular complexity index is 362. The van der Waals surface area contributed by atoms with Crippen LogP contribution in [0.1, 0.15) is 22.6 Å². The summed E-state index contributed by atoms with van der Waals surface area (Å²) in [5.74, 6) is -1.01. The van der Waals surface area contributed by atoms with E-state index in [1.54, 1.807) is 11.6 Å². The maximum atomic E-state index is 10.9. The van der Waals surface area contributed by atoms with Gasteiger partial charge in [-0.25, -0.2) is 9.78 Å². The van der Waals surface area contributed by atoms with Crippen LogP contribution in [0.25, 0.3) is 0 Å². The van der Waals surface area contributed by atoms with Gasteiger partial charge in [-0.3, -0.25) is 0 Å². The second-order valence-corrected chi connectivity index (χ2v) is 3.86. The van der Waals surface area contributed by atoms with Crippen LogP contribution in [0.15, 0.2) is 5.16 Å². The van der Waals surface area contributed by atoms with Gasteiger partial charge in [0.2, 0.25) is 0 Å². The number of hydrogen-bond donors (Lipinski definition) is 2. The van der Waals surface area contributed by atoms with Gasteiger partial charge in [-0.05, 0) is 19.1 Å². The van der Waals surface area contributed by atoms with Crippen molar-refractivity contribution in [2.45, 2.75) is 18.0 Å². The smallest absolute Gasteiger partial charge is 0.356 e. The van der Waals surface area contributed by atoms with Gasteiger partial charge in [-0.2, -0.15) is 0 Å². The van der Waals surface area contributed by atoms with E-state index in [9.17, 15) is 4.79 Å². The molecule has 0 radical (unpaired) electrons. The van der Waals surface area contributed by atoms with Gasteiger partial charge in [0.05, 0.1) is 5.69 Å². The molecule has 1 rings (SSSR count). The fourth-order valence-corrected chi connectivity index (χ4v) is 1.96. The summed E-state index contributed by atoms with van der Waals surface area (Å²) in [6.45, 7) is 0.0544. The van der Waals surface area contributed by atoms with Crippen molar-refractivity contribution in [3.8, 4) is 0 Å². The van der Waals surface area contributed by atoms with E-state index in [4.69, 9.17) is 10.2 Å². The van der Waals surface area contributed by atoms with Crippen LogP contribution in [-0.4, -0.2) is 38.6 Å². The standard InChI is InChI=1S/C9H14N2O3S/c1-11-6(4-3-5-12)7(8(13)14)10-9(11)15-2/h12H,3-5H2,1-2H3,(H,13,14). The van der Waals surface area contributed by atoms with Crippen molar-refractivity contribution in [3.63, 3.8) is 0 Å².